The van der Waals surface area contributed by atoms with Gasteiger partial charge in [-0.1, -0.05) is 12.5 Å². The first-order valence-corrected chi connectivity index (χ1v) is 12.5. The quantitative estimate of drug-likeness (QED) is 0.344. The first-order valence-electron chi connectivity index (χ1n) is 10.6. The monoisotopic (exact) mass is 462 g/mol. The van der Waals surface area contributed by atoms with Gasteiger partial charge in [-0.3, -0.25) is 9.82 Å². The van der Waals surface area contributed by atoms with Crippen LogP contribution in [0.15, 0.2) is 36.4 Å². The van der Waals surface area contributed by atoms with Crippen molar-refractivity contribution in [1.29, 1.82) is 0 Å². The molecule has 0 spiro atoms. The topological polar surface area (TPSA) is 116 Å². The number of fused-ring (bicyclic) bond motifs is 1. The highest BCUT2D eigenvalue weighted by molar-refractivity contribution is 7.92. The van der Waals surface area contributed by atoms with Gasteiger partial charge >= 0.3 is 0 Å². The van der Waals surface area contributed by atoms with Gasteiger partial charge in [0.05, 0.1) is 29.3 Å². The summed E-state index contributed by atoms with van der Waals surface area (Å²) in [5.41, 5.74) is 2.31. The Bertz CT molecular complexity index is 1190. The van der Waals surface area contributed by atoms with Crippen LogP contribution >= 0.6 is 0 Å². The Morgan fingerprint density at radius 2 is 2.09 bits per heavy atom. The standard InChI is InChI=1S/C22H27FN4O4S/c1-32(29,30)27-20-11-15(5-8-18(20)23)21(28)13-24-9-10-31-16-6-7-17-19(12-16)25-26-22(17)14-3-2-4-14/h5-8,11-12,14,21,24,27-28H,2-4,9-10,13H2,1H3,(H,25,26)/t21-/m0/s1. The van der Waals surface area contributed by atoms with Gasteiger partial charge in [0.25, 0.3) is 0 Å². The van der Waals surface area contributed by atoms with Crippen LogP contribution in [0, 0.1) is 5.82 Å². The molecule has 32 heavy (non-hydrogen) atoms. The molecule has 4 rings (SSSR count). The molecule has 0 amide bonds. The highest BCUT2D eigenvalue weighted by Gasteiger charge is 2.24. The minimum Gasteiger partial charge on any atom is -0.492 e. The summed E-state index contributed by atoms with van der Waals surface area (Å²) in [4.78, 5) is 0. The highest BCUT2D eigenvalue weighted by atomic mass is 32.2. The summed E-state index contributed by atoms with van der Waals surface area (Å²) in [6.45, 7) is 1.09. The number of sulfonamides is 1. The normalized spacial score (nSPS) is 15.5. The number of hydrogen-bond acceptors (Lipinski definition) is 6. The predicted molar refractivity (Wildman–Crippen MR) is 121 cm³/mol. The molecule has 1 saturated carbocycles. The first kappa shape index (κ1) is 22.5. The van der Waals surface area contributed by atoms with E-state index in [-0.39, 0.29) is 12.2 Å². The third-order valence-electron chi connectivity index (χ3n) is 5.61. The second kappa shape index (κ2) is 9.43. The number of aliphatic hydroxyl groups is 1. The van der Waals surface area contributed by atoms with E-state index in [4.69, 9.17) is 4.74 Å². The maximum Gasteiger partial charge on any atom is 0.229 e. The predicted octanol–water partition coefficient (Wildman–Crippen LogP) is 3.04. The second-order valence-corrected chi connectivity index (χ2v) is 9.87. The number of nitrogens with one attached hydrogen (secondary N) is 3. The van der Waals surface area contributed by atoms with Crippen LogP contribution in [0.25, 0.3) is 10.9 Å². The summed E-state index contributed by atoms with van der Waals surface area (Å²) in [7, 11) is -3.62. The molecule has 4 N–H and O–H groups in total. The number of benzene rings is 2. The highest BCUT2D eigenvalue weighted by Crippen LogP contribution is 2.38. The minimum atomic E-state index is -3.62. The van der Waals surface area contributed by atoms with E-state index in [1.165, 1.54) is 31.4 Å². The zero-order valence-corrected chi connectivity index (χ0v) is 18.6. The summed E-state index contributed by atoms with van der Waals surface area (Å²) < 4.78 is 44.4. The fourth-order valence-electron chi connectivity index (χ4n) is 3.73. The third-order valence-corrected chi connectivity index (χ3v) is 6.20. The molecule has 2 aromatic carbocycles. The Kier molecular flexibility index (Phi) is 6.63. The van der Waals surface area contributed by atoms with Crippen LogP contribution < -0.4 is 14.8 Å². The van der Waals surface area contributed by atoms with Gasteiger partial charge in [-0.05, 0) is 42.7 Å². The largest absolute Gasteiger partial charge is 0.492 e. The number of aliphatic hydroxyl groups excluding tert-OH is 1. The first-order chi connectivity index (χ1) is 15.3. The van der Waals surface area contributed by atoms with Crippen LogP contribution in [0.3, 0.4) is 0 Å². The molecule has 1 aliphatic carbocycles. The van der Waals surface area contributed by atoms with Gasteiger partial charge in [0.1, 0.15) is 18.2 Å². The Morgan fingerprint density at radius 1 is 1.28 bits per heavy atom. The van der Waals surface area contributed by atoms with Gasteiger partial charge < -0.3 is 15.2 Å². The lowest BCUT2D eigenvalue weighted by Crippen LogP contribution is -2.26. The van der Waals surface area contributed by atoms with Crippen molar-refractivity contribution in [3.63, 3.8) is 0 Å². The van der Waals surface area contributed by atoms with E-state index in [0.29, 0.717) is 24.6 Å². The van der Waals surface area contributed by atoms with Crippen molar-refractivity contribution in [2.75, 3.05) is 30.7 Å². The summed E-state index contributed by atoms with van der Waals surface area (Å²) in [5.74, 6) is 0.589. The average Bonchev–Trinajstić information content (AvgIpc) is 3.10. The van der Waals surface area contributed by atoms with Crippen molar-refractivity contribution in [2.45, 2.75) is 31.3 Å². The molecular weight excluding hydrogens is 435 g/mol. The molecule has 3 aromatic rings. The molecule has 1 fully saturated rings. The summed E-state index contributed by atoms with van der Waals surface area (Å²) in [6.07, 6.45) is 3.67. The lowest BCUT2D eigenvalue weighted by molar-refractivity contribution is 0.172. The number of nitrogens with zero attached hydrogens (tertiary/aromatic N) is 1. The van der Waals surface area contributed by atoms with Gasteiger partial charge in [0.2, 0.25) is 10.0 Å². The molecule has 8 nitrogen and oxygen atoms in total. The van der Waals surface area contributed by atoms with Crippen LogP contribution in [0.1, 0.15) is 42.5 Å². The number of aromatic nitrogens is 2. The average molecular weight is 463 g/mol. The maximum atomic E-state index is 13.8. The molecule has 0 unspecified atom stereocenters. The molecular formula is C22H27FN4O4S. The Balaban J connectivity index is 1.25. The summed E-state index contributed by atoms with van der Waals surface area (Å²) >= 11 is 0. The lowest BCUT2D eigenvalue weighted by Gasteiger charge is -2.23. The van der Waals surface area contributed by atoms with E-state index < -0.39 is 21.9 Å². The SMILES string of the molecule is CS(=O)(=O)Nc1cc([C@@H](O)CNCCOc2ccc3c(C4CCC4)n[nH]c3c2)ccc1F. The molecule has 0 aliphatic heterocycles. The molecule has 1 aromatic heterocycles. The van der Waals surface area contributed by atoms with Crippen LogP contribution in [-0.2, 0) is 10.0 Å². The van der Waals surface area contributed by atoms with Crippen molar-refractivity contribution in [3.8, 4) is 5.75 Å². The molecule has 0 saturated heterocycles. The summed E-state index contributed by atoms with van der Waals surface area (Å²) in [6, 6.07) is 9.74. The zero-order valence-electron chi connectivity index (χ0n) is 17.8. The van der Waals surface area contributed by atoms with Gasteiger partial charge in [-0.2, -0.15) is 5.10 Å². The molecule has 10 heteroatoms. The molecule has 1 aliphatic rings. The molecule has 0 radical (unpaired) electrons. The van der Waals surface area contributed by atoms with E-state index in [2.05, 4.69) is 20.2 Å². The van der Waals surface area contributed by atoms with E-state index in [1.807, 2.05) is 18.2 Å². The van der Waals surface area contributed by atoms with Gasteiger partial charge in [0.15, 0.2) is 0 Å². The Hall–Kier alpha value is -2.69. The van der Waals surface area contributed by atoms with Crippen molar-refractivity contribution < 1.29 is 22.7 Å². The molecule has 1 atom stereocenters. The third kappa shape index (κ3) is 5.37. The fourth-order valence-corrected chi connectivity index (χ4v) is 4.28. The Morgan fingerprint density at radius 3 is 2.81 bits per heavy atom. The lowest BCUT2D eigenvalue weighted by atomic mass is 9.82. The van der Waals surface area contributed by atoms with Crippen LogP contribution in [0.2, 0.25) is 0 Å². The van der Waals surface area contributed by atoms with Gasteiger partial charge in [-0.15, -0.1) is 0 Å². The fraction of sp³-hybridized carbons (Fsp3) is 0.409. The van der Waals surface area contributed by atoms with Crippen LogP contribution in [-0.4, -0.2) is 49.7 Å². The van der Waals surface area contributed by atoms with E-state index >= 15 is 0 Å². The van der Waals surface area contributed by atoms with E-state index in [9.17, 15) is 17.9 Å². The van der Waals surface area contributed by atoms with Crippen molar-refractivity contribution >= 4 is 26.6 Å². The summed E-state index contributed by atoms with van der Waals surface area (Å²) in [5, 5.41) is 22.1. The molecule has 0 bridgehead atoms. The zero-order chi connectivity index (χ0) is 22.7. The number of hydrogen-bond donors (Lipinski definition) is 4. The van der Waals surface area contributed by atoms with Crippen LogP contribution in [0.5, 0.6) is 5.75 Å². The van der Waals surface area contributed by atoms with Crippen molar-refractivity contribution in [3.05, 3.63) is 53.5 Å². The number of halogens is 1. The number of H-pyrrole nitrogens is 1. The van der Waals surface area contributed by atoms with Crippen molar-refractivity contribution in [1.82, 2.24) is 15.5 Å². The molecule has 1 heterocycles. The number of rotatable bonds is 10. The maximum absolute atomic E-state index is 13.8. The van der Waals surface area contributed by atoms with E-state index in [0.717, 1.165) is 34.7 Å². The van der Waals surface area contributed by atoms with Crippen LogP contribution in [0.4, 0.5) is 10.1 Å². The smallest absolute Gasteiger partial charge is 0.229 e. The number of ether oxygens (including phenoxy) is 1. The van der Waals surface area contributed by atoms with Gasteiger partial charge in [-0.25, -0.2) is 12.8 Å². The number of anilines is 1. The van der Waals surface area contributed by atoms with E-state index in [1.54, 1.807) is 0 Å². The van der Waals surface area contributed by atoms with Gasteiger partial charge in [0, 0.05) is 30.5 Å². The molecule has 172 valence electrons. The minimum absolute atomic E-state index is 0.193. The number of aromatic amines is 1. The second-order valence-electron chi connectivity index (χ2n) is 8.13. The Labute approximate surface area is 186 Å². The van der Waals surface area contributed by atoms with Crippen molar-refractivity contribution in [2.24, 2.45) is 0 Å².